The SMILES string of the molecule is Cc1nn(C)c(C)c1CNC(=O)CCc1c(-c2ccc(F)cc2)[nH]c2ccccc12. The molecule has 30 heavy (non-hydrogen) atoms. The fourth-order valence-electron chi connectivity index (χ4n) is 3.91. The van der Waals surface area contributed by atoms with Gasteiger partial charge in [0.2, 0.25) is 5.91 Å². The Morgan fingerprint density at radius 3 is 2.53 bits per heavy atom. The first-order valence-corrected chi connectivity index (χ1v) is 10.1. The number of carbonyl (C=O) groups is 1. The van der Waals surface area contributed by atoms with Crippen LogP contribution in [0.25, 0.3) is 22.2 Å². The number of nitrogens with zero attached hydrogens (tertiary/aromatic N) is 2. The molecule has 5 nitrogen and oxygen atoms in total. The fraction of sp³-hybridized carbons (Fsp3) is 0.250. The highest BCUT2D eigenvalue weighted by molar-refractivity contribution is 5.91. The van der Waals surface area contributed by atoms with Crippen LogP contribution in [0, 0.1) is 19.7 Å². The van der Waals surface area contributed by atoms with Gasteiger partial charge in [0, 0.05) is 47.9 Å². The molecule has 0 bridgehead atoms. The highest BCUT2D eigenvalue weighted by atomic mass is 19.1. The summed E-state index contributed by atoms with van der Waals surface area (Å²) in [4.78, 5) is 16.0. The van der Waals surface area contributed by atoms with Gasteiger partial charge in [-0.15, -0.1) is 0 Å². The lowest BCUT2D eigenvalue weighted by atomic mass is 10.0. The summed E-state index contributed by atoms with van der Waals surface area (Å²) < 4.78 is 15.2. The van der Waals surface area contributed by atoms with E-state index >= 15 is 0 Å². The first kappa shape index (κ1) is 19.9. The molecule has 0 aliphatic carbocycles. The number of H-pyrrole nitrogens is 1. The van der Waals surface area contributed by atoms with E-state index in [0.29, 0.717) is 19.4 Å². The molecule has 0 unspecified atom stereocenters. The Kier molecular flexibility index (Phi) is 5.40. The molecule has 6 heteroatoms. The molecule has 2 N–H and O–H groups in total. The van der Waals surface area contributed by atoms with Gasteiger partial charge in [-0.3, -0.25) is 9.48 Å². The minimum Gasteiger partial charge on any atom is -0.354 e. The van der Waals surface area contributed by atoms with Gasteiger partial charge in [-0.2, -0.15) is 5.10 Å². The van der Waals surface area contributed by atoms with E-state index < -0.39 is 0 Å². The van der Waals surface area contributed by atoms with Crippen molar-refractivity contribution in [1.29, 1.82) is 0 Å². The minimum absolute atomic E-state index is 0.00649. The van der Waals surface area contributed by atoms with Gasteiger partial charge >= 0.3 is 0 Å². The molecule has 0 saturated heterocycles. The second-order valence-corrected chi connectivity index (χ2v) is 7.58. The van der Waals surface area contributed by atoms with Crippen LogP contribution in [-0.2, 0) is 24.8 Å². The van der Waals surface area contributed by atoms with E-state index in [1.54, 1.807) is 12.1 Å². The summed E-state index contributed by atoms with van der Waals surface area (Å²) in [6.07, 6.45) is 0.960. The Bertz CT molecular complexity index is 1200. The Morgan fingerprint density at radius 2 is 1.83 bits per heavy atom. The number of fused-ring (bicyclic) bond motifs is 1. The summed E-state index contributed by atoms with van der Waals surface area (Å²) in [5, 5.41) is 8.50. The summed E-state index contributed by atoms with van der Waals surface area (Å²) in [5.74, 6) is -0.273. The number of carbonyl (C=O) groups excluding carboxylic acids is 1. The van der Waals surface area contributed by atoms with Crippen LogP contribution >= 0.6 is 0 Å². The molecule has 154 valence electrons. The Morgan fingerprint density at radius 1 is 1.10 bits per heavy atom. The first-order valence-electron chi connectivity index (χ1n) is 10.1. The van der Waals surface area contributed by atoms with Crippen LogP contribution in [0.1, 0.15) is 28.9 Å². The van der Waals surface area contributed by atoms with Crippen LogP contribution in [0.15, 0.2) is 48.5 Å². The molecule has 0 atom stereocenters. The predicted molar refractivity (Wildman–Crippen MR) is 117 cm³/mol. The van der Waals surface area contributed by atoms with Crippen LogP contribution in [0.3, 0.4) is 0 Å². The lowest BCUT2D eigenvalue weighted by molar-refractivity contribution is -0.121. The van der Waals surface area contributed by atoms with E-state index in [4.69, 9.17) is 0 Å². The highest BCUT2D eigenvalue weighted by Crippen LogP contribution is 2.31. The number of aryl methyl sites for hydroxylation is 3. The molecule has 2 heterocycles. The van der Waals surface area contributed by atoms with E-state index in [1.165, 1.54) is 12.1 Å². The summed E-state index contributed by atoms with van der Waals surface area (Å²) in [6, 6.07) is 14.5. The highest BCUT2D eigenvalue weighted by Gasteiger charge is 2.15. The van der Waals surface area contributed by atoms with Crippen molar-refractivity contribution >= 4 is 16.8 Å². The lowest BCUT2D eigenvalue weighted by Crippen LogP contribution is -2.23. The van der Waals surface area contributed by atoms with E-state index in [0.717, 1.165) is 44.7 Å². The van der Waals surface area contributed by atoms with Crippen molar-refractivity contribution in [2.75, 3.05) is 0 Å². The second-order valence-electron chi connectivity index (χ2n) is 7.58. The van der Waals surface area contributed by atoms with Gasteiger partial charge in [-0.1, -0.05) is 18.2 Å². The van der Waals surface area contributed by atoms with Gasteiger partial charge < -0.3 is 10.3 Å². The van der Waals surface area contributed by atoms with E-state index in [1.807, 2.05) is 43.8 Å². The lowest BCUT2D eigenvalue weighted by Gasteiger charge is -2.08. The van der Waals surface area contributed by atoms with Crippen LogP contribution in [0.2, 0.25) is 0 Å². The number of rotatable bonds is 6. The summed E-state index contributed by atoms with van der Waals surface area (Å²) >= 11 is 0. The van der Waals surface area contributed by atoms with Gasteiger partial charge in [-0.25, -0.2) is 4.39 Å². The van der Waals surface area contributed by atoms with E-state index in [2.05, 4.69) is 21.5 Å². The number of aromatic amines is 1. The molecule has 0 radical (unpaired) electrons. The third kappa shape index (κ3) is 3.85. The van der Waals surface area contributed by atoms with Gasteiger partial charge in [0.1, 0.15) is 5.82 Å². The summed E-state index contributed by atoms with van der Waals surface area (Å²) in [7, 11) is 1.90. The van der Waals surface area contributed by atoms with E-state index in [9.17, 15) is 9.18 Å². The van der Waals surface area contributed by atoms with Crippen LogP contribution in [0.4, 0.5) is 4.39 Å². The van der Waals surface area contributed by atoms with Crippen molar-refractivity contribution < 1.29 is 9.18 Å². The molecule has 0 aliphatic rings. The van der Waals surface area contributed by atoms with Gasteiger partial charge in [0.15, 0.2) is 0 Å². The average molecular weight is 404 g/mol. The molecule has 1 amide bonds. The number of aromatic nitrogens is 3. The van der Waals surface area contributed by atoms with Crippen molar-refractivity contribution in [3.05, 3.63) is 76.9 Å². The number of amides is 1. The zero-order chi connectivity index (χ0) is 21.3. The average Bonchev–Trinajstić information content (AvgIpc) is 3.22. The number of benzene rings is 2. The number of halogens is 1. The van der Waals surface area contributed by atoms with Gasteiger partial charge in [-0.05, 0) is 61.7 Å². The summed E-state index contributed by atoms with van der Waals surface area (Å²) in [6.45, 7) is 4.43. The van der Waals surface area contributed by atoms with E-state index in [-0.39, 0.29) is 11.7 Å². The zero-order valence-corrected chi connectivity index (χ0v) is 17.4. The number of hydrogen-bond donors (Lipinski definition) is 2. The molecule has 0 fully saturated rings. The van der Waals surface area contributed by atoms with Crippen molar-refractivity contribution in [3.8, 4) is 11.3 Å². The first-order chi connectivity index (χ1) is 14.4. The Labute approximate surface area is 174 Å². The molecular weight excluding hydrogens is 379 g/mol. The normalized spacial score (nSPS) is 11.2. The molecule has 0 spiro atoms. The van der Waals surface area contributed by atoms with Crippen molar-refractivity contribution in [3.63, 3.8) is 0 Å². The maximum absolute atomic E-state index is 13.4. The van der Waals surface area contributed by atoms with Crippen molar-refractivity contribution in [2.45, 2.75) is 33.2 Å². The van der Waals surface area contributed by atoms with Crippen molar-refractivity contribution in [2.24, 2.45) is 7.05 Å². The molecular formula is C24H25FN4O. The molecule has 0 saturated carbocycles. The second kappa shape index (κ2) is 8.14. The zero-order valence-electron chi connectivity index (χ0n) is 17.4. The molecule has 4 rings (SSSR count). The van der Waals surface area contributed by atoms with Gasteiger partial charge in [0.25, 0.3) is 0 Å². The molecule has 2 aromatic heterocycles. The Balaban J connectivity index is 1.52. The predicted octanol–water partition coefficient (Wildman–Crippen LogP) is 4.57. The third-order valence-corrected chi connectivity index (χ3v) is 5.67. The number of nitrogens with one attached hydrogen (secondary N) is 2. The standard InChI is InChI=1S/C24H25FN4O/c1-15-21(16(2)29(3)28-15)14-26-23(30)13-12-20-19-6-4-5-7-22(19)27-24(20)17-8-10-18(25)11-9-17/h4-11,27H,12-14H2,1-3H3,(H,26,30). The monoisotopic (exact) mass is 404 g/mol. The largest absolute Gasteiger partial charge is 0.354 e. The quantitative estimate of drug-likeness (QED) is 0.494. The maximum atomic E-state index is 13.4. The smallest absolute Gasteiger partial charge is 0.220 e. The van der Waals surface area contributed by atoms with Crippen molar-refractivity contribution in [1.82, 2.24) is 20.1 Å². The molecule has 4 aromatic rings. The van der Waals surface area contributed by atoms with Crippen LogP contribution in [0.5, 0.6) is 0 Å². The number of hydrogen-bond acceptors (Lipinski definition) is 2. The van der Waals surface area contributed by atoms with Gasteiger partial charge in [0.05, 0.1) is 5.69 Å². The third-order valence-electron chi connectivity index (χ3n) is 5.67. The molecule has 0 aliphatic heterocycles. The fourth-order valence-corrected chi connectivity index (χ4v) is 3.91. The topological polar surface area (TPSA) is 62.7 Å². The summed E-state index contributed by atoms with van der Waals surface area (Å²) in [5.41, 5.74) is 6.97. The van der Waals surface area contributed by atoms with Crippen LogP contribution < -0.4 is 5.32 Å². The minimum atomic E-state index is -0.267. The van der Waals surface area contributed by atoms with Crippen LogP contribution in [-0.4, -0.2) is 20.7 Å². The number of para-hydroxylation sites is 1. The maximum Gasteiger partial charge on any atom is 0.220 e. The Hall–Kier alpha value is -3.41. The molecule has 2 aromatic carbocycles.